The van der Waals surface area contributed by atoms with Gasteiger partial charge in [-0.25, -0.2) is 14.1 Å². The fourth-order valence-corrected chi connectivity index (χ4v) is 2.12. The summed E-state index contributed by atoms with van der Waals surface area (Å²) in [5.41, 5.74) is 1.42. The first-order chi connectivity index (χ1) is 9.19. The molecule has 0 spiro atoms. The molecular weight excluding hydrogens is 243 g/mol. The Kier molecular flexibility index (Phi) is 2.74. The van der Waals surface area contributed by atoms with E-state index in [1.807, 2.05) is 13.8 Å². The van der Waals surface area contributed by atoms with Crippen molar-refractivity contribution in [1.82, 2.24) is 19.7 Å². The van der Waals surface area contributed by atoms with Gasteiger partial charge < -0.3 is 0 Å². The molecule has 0 aliphatic carbocycles. The van der Waals surface area contributed by atoms with Crippen molar-refractivity contribution in [2.24, 2.45) is 0 Å². The summed E-state index contributed by atoms with van der Waals surface area (Å²) < 4.78 is 15.6. The molecule has 5 heteroatoms. The number of benzene rings is 1. The summed E-state index contributed by atoms with van der Waals surface area (Å²) in [6.45, 7) is 4.54. The molecule has 0 bridgehead atoms. The van der Waals surface area contributed by atoms with Gasteiger partial charge in [0.15, 0.2) is 5.82 Å². The van der Waals surface area contributed by atoms with E-state index in [2.05, 4.69) is 15.1 Å². The molecule has 0 atom stereocenters. The second kappa shape index (κ2) is 4.42. The Morgan fingerprint density at radius 2 is 2.16 bits per heavy atom. The van der Waals surface area contributed by atoms with Crippen LogP contribution in [0.5, 0.6) is 0 Å². The highest BCUT2D eigenvalue weighted by Gasteiger charge is 2.11. The first-order valence-corrected chi connectivity index (χ1v) is 6.15. The van der Waals surface area contributed by atoms with Crippen LogP contribution < -0.4 is 0 Å². The number of pyridine rings is 1. The third-order valence-corrected chi connectivity index (χ3v) is 3.01. The van der Waals surface area contributed by atoms with Crippen molar-refractivity contribution < 1.29 is 4.39 Å². The third kappa shape index (κ3) is 1.97. The number of nitrogens with zero attached hydrogens (tertiary/aromatic N) is 4. The summed E-state index contributed by atoms with van der Waals surface area (Å²) in [5, 5.41) is 4.80. The number of aryl methyl sites for hydroxylation is 2. The summed E-state index contributed by atoms with van der Waals surface area (Å²) in [6.07, 6.45) is 1.71. The third-order valence-electron chi connectivity index (χ3n) is 3.01. The van der Waals surface area contributed by atoms with Crippen LogP contribution >= 0.6 is 0 Å². The van der Waals surface area contributed by atoms with Gasteiger partial charge in [0, 0.05) is 23.7 Å². The Bertz CT molecular complexity index is 748. The molecule has 96 valence electrons. The van der Waals surface area contributed by atoms with Gasteiger partial charge in [0.1, 0.15) is 11.6 Å². The molecule has 0 amide bonds. The topological polar surface area (TPSA) is 43.6 Å². The molecule has 2 aromatic heterocycles. The van der Waals surface area contributed by atoms with Gasteiger partial charge in [-0.1, -0.05) is 6.07 Å². The molecule has 0 aliphatic heterocycles. The van der Waals surface area contributed by atoms with E-state index >= 15 is 0 Å². The lowest BCUT2D eigenvalue weighted by Crippen LogP contribution is -2.00. The fourth-order valence-electron chi connectivity index (χ4n) is 2.12. The molecule has 2 heterocycles. The molecule has 0 aliphatic rings. The highest BCUT2D eigenvalue weighted by Crippen LogP contribution is 2.23. The lowest BCUT2D eigenvalue weighted by molar-refractivity contribution is 0.639. The standard InChI is InChI=1S/C14H13FN4/c1-3-19-14(17-9(2)18-19)10-7-11-12(15)5-4-6-13(11)16-8-10/h4-8H,3H2,1-2H3. The van der Waals surface area contributed by atoms with Gasteiger partial charge in [-0.15, -0.1) is 0 Å². The van der Waals surface area contributed by atoms with Crippen molar-refractivity contribution in [2.45, 2.75) is 20.4 Å². The monoisotopic (exact) mass is 256 g/mol. The molecule has 1 aromatic carbocycles. The van der Waals surface area contributed by atoms with Gasteiger partial charge >= 0.3 is 0 Å². The molecule has 0 saturated carbocycles. The molecule has 0 saturated heterocycles. The molecule has 0 unspecified atom stereocenters. The van der Waals surface area contributed by atoms with E-state index < -0.39 is 0 Å². The SMILES string of the molecule is CCn1nc(C)nc1-c1cnc2cccc(F)c2c1. The highest BCUT2D eigenvalue weighted by atomic mass is 19.1. The maximum atomic E-state index is 13.8. The largest absolute Gasteiger partial charge is 0.255 e. The van der Waals surface area contributed by atoms with Gasteiger partial charge in [0.05, 0.1) is 5.52 Å². The Balaban J connectivity index is 2.22. The van der Waals surface area contributed by atoms with Crippen molar-refractivity contribution in [1.29, 1.82) is 0 Å². The van der Waals surface area contributed by atoms with Crippen molar-refractivity contribution in [3.8, 4) is 11.4 Å². The first kappa shape index (κ1) is 11.8. The zero-order valence-electron chi connectivity index (χ0n) is 10.8. The second-order valence-electron chi connectivity index (χ2n) is 4.33. The fraction of sp³-hybridized carbons (Fsp3) is 0.214. The van der Waals surface area contributed by atoms with Crippen LogP contribution in [0.3, 0.4) is 0 Å². The lowest BCUT2D eigenvalue weighted by atomic mass is 10.1. The summed E-state index contributed by atoms with van der Waals surface area (Å²) >= 11 is 0. The van der Waals surface area contributed by atoms with Gasteiger partial charge in [-0.2, -0.15) is 5.10 Å². The van der Waals surface area contributed by atoms with Crippen LogP contribution in [0.25, 0.3) is 22.3 Å². The van der Waals surface area contributed by atoms with Crippen molar-refractivity contribution in [3.05, 3.63) is 42.1 Å². The number of hydrogen-bond acceptors (Lipinski definition) is 3. The minimum atomic E-state index is -0.272. The van der Waals surface area contributed by atoms with E-state index in [-0.39, 0.29) is 5.82 Å². The van der Waals surface area contributed by atoms with E-state index in [1.165, 1.54) is 6.07 Å². The first-order valence-electron chi connectivity index (χ1n) is 6.15. The summed E-state index contributed by atoms with van der Waals surface area (Å²) in [5.74, 6) is 1.15. The number of fused-ring (bicyclic) bond motifs is 1. The van der Waals surface area contributed by atoms with Crippen LogP contribution in [-0.2, 0) is 6.54 Å². The number of halogens is 1. The summed E-state index contributed by atoms with van der Waals surface area (Å²) in [4.78, 5) is 8.66. The van der Waals surface area contributed by atoms with Crippen LogP contribution in [0, 0.1) is 12.7 Å². The van der Waals surface area contributed by atoms with Crippen molar-refractivity contribution in [2.75, 3.05) is 0 Å². The maximum absolute atomic E-state index is 13.8. The molecule has 19 heavy (non-hydrogen) atoms. The van der Waals surface area contributed by atoms with Gasteiger partial charge in [-0.3, -0.25) is 4.98 Å². The average Bonchev–Trinajstić information content (AvgIpc) is 2.80. The Morgan fingerprint density at radius 1 is 1.32 bits per heavy atom. The molecule has 3 aromatic rings. The molecule has 3 rings (SSSR count). The molecule has 0 N–H and O–H groups in total. The van der Waals surface area contributed by atoms with Gasteiger partial charge in [-0.05, 0) is 32.0 Å². The number of rotatable bonds is 2. The van der Waals surface area contributed by atoms with E-state index in [1.54, 1.807) is 29.1 Å². The highest BCUT2D eigenvalue weighted by molar-refractivity contribution is 5.82. The zero-order chi connectivity index (χ0) is 13.4. The summed E-state index contributed by atoms with van der Waals surface area (Å²) in [6, 6.07) is 6.65. The Morgan fingerprint density at radius 3 is 2.95 bits per heavy atom. The van der Waals surface area contributed by atoms with Gasteiger partial charge in [0.25, 0.3) is 0 Å². The molecule has 0 radical (unpaired) electrons. The normalized spacial score (nSPS) is 11.1. The van der Waals surface area contributed by atoms with E-state index in [4.69, 9.17) is 0 Å². The minimum Gasteiger partial charge on any atom is -0.255 e. The number of aromatic nitrogens is 4. The predicted molar refractivity (Wildman–Crippen MR) is 71.1 cm³/mol. The van der Waals surface area contributed by atoms with Crippen LogP contribution in [0.1, 0.15) is 12.7 Å². The van der Waals surface area contributed by atoms with Crippen molar-refractivity contribution >= 4 is 10.9 Å². The van der Waals surface area contributed by atoms with Crippen molar-refractivity contribution in [3.63, 3.8) is 0 Å². The smallest absolute Gasteiger partial charge is 0.159 e. The zero-order valence-corrected chi connectivity index (χ0v) is 10.8. The van der Waals surface area contributed by atoms with E-state index in [0.29, 0.717) is 23.3 Å². The second-order valence-corrected chi connectivity index (χ2v) is 4.33. The van der Waals surface area contributed by atoms with Crippen LogP contribution in [0.15, 0.2) is 30.5 Å². The van der Waals surface area contributed by atoms with E-state index in [9.17, 15) is 4.39 Å². The molecular formula is C14H13FN4. The van der Waals surface area contributed by atoms with E-state index in [0.717, 1.165) is 11.4 Å². The lowest BCUT2D eigenvalue weighted by Gasteiger charge is -2.04. The predicted octanol–water partition coefficient (Wildman–Crippen LogP) is 2.96. The van der Waals surface area contributed by atoms with Crippen LogP contribution in [0.4, 0.5) is 4.39 Å². The Labute approximate surface area is 109 Å². The molecule has 0 fully saturated rings. The van der Waals surface area contributed by atoms with Crippen LogP contribution in [-0.4, -0.2) is 19.7 Å². The van der Waals surface area contributed by atoms with Crippen LogP contribution in [0.2, 0.25) is 0 Å². The minimum absolute atomic E-state index is 0.272. The maximum Gasteiger partial charge on any atom is 0.159 e. The number of hydrogen-bond donors (Lipinski definition) is 0. The Hall–Kier alpha value is -2.30. The summed E-state index contributed by atoms with van der Waals surface area (Å²) in [7, 11) is 0. The average molecular weight is 256 g/mol. The quantitative estimate of drug-likeness (QED) is 0.708. The van der Waals surface area contributed by atoms with Gasteiger partial charge in [0.2, 0.25) is 0 Å². The molecule has 4 nitrogen and oxygen atoms in total.